The SMILES string of the molecule is CCOc1ccc(Cl)c(/C(O)=C2\C(=O)C(=O)N(c3nc4ccccc4[nH]3)C2c2ccccc2)c1. The molecule has 0 aliphatic carbocycles. The number of imidazole rings is 1. The molecule has 0 spiro atoms. The van der Waals surface area contributed by atoms with E-state index in [1.54, 1.807) is 42.5 Å². The fraction of sp³-hybridized carbons (Fsp3) is 0.115. The molecule has 1 unspecified atom stereocenters. The highest BCUT2D eigenvalue weighted by atomic mass is 35.5. The van der Waals surface area contributed by atoms with Crippen LogP contribution in [0.25, 0.3) is 16.8 Å². The van der Waals surface area contributed by atoms with Crippen LogP contribution < -0.4 is 9.64 Å². The largest absolute Gasteiger partial charge is 0.507 e. The minimum atomic E-state index is -0.909. The van der Waals surface area contributed by atoms with Gasteiger partial charge in [-0.15, -0.1) is 0 Å². The van der Waals surface area contributed by atoms with Gasteiger partial charge in [0.25, 0.3) is 5.78 Å². The molecule has 2 N–H and O–H groups in total. The van der Waals surface area contributed by atoms with Crippen LogP contribution in [-0.2, 0) is 9.59 Å². The molecule has 1 fully saturated rings. The van der Waals surface area contributed by atoms with Gasteiger partial charge < -0.3 is 14.8 Å². The second-order valence-electron chi connectivity index (χ2n) is 7.73. The normalized spacial score (nSPS) is 17.5. The van der Waals surface area contributed by atoms with Gasteiger partial charge in [-0.25, -0.2) is 4.98 Å². The summed E-state index contributed by atoms with van der Waals surface area (Å²) in [5.74, 6) is -1.31. The number of carbonyl (C=O) groups excluding carboxylic acids is 2. The van der Waals surface area contributed by atoms with Crippen molar-refractivity contribution in [3.63, 3.8) is 0 Å². The molecule has 0 radical (unpaired) electrons. The molecule has 1 aliphatic rings. The number of nitrogens with zero attached hydrogens (tertiary/aromatic N) is 2. The summed E-state index contributed by atoms with van der Waals surface area (Å²) in [4.78, 5) is 35.5. The Hall–Kier alpha value is -4.10. The second kappa shape index (κ2) is 8.68. The monoisotopic (exact) mass is 473 g/mol. The molecule has 1 aromatic heterocycles. The van der Waals surface area contributed by atoms with Gasteiger partial charge in [0, 0.05) is 5.56 Å². The van der Waals surface area contributed by atoms with Crippen molar-refractivity contribution < 1.29 is 19.4 Å². The first-order chi connectivity index (χ1) is 16.5. The molecule has 1 amide bonds. The number of amides is 1. The maximum Gasteiger partial charge on any atom is 0.302 e. The molecule has 3 aromatic carbocycles. The number of hydrogen-bond acceptors (Lipinski definition) is 5. The third-order valence-electron chi connectivity index (χ3n) is 5.67. The molecular formula is C26H20ClN3O4. The van der Waals surface area contributed by atoms with Crippen molar-refractivity contribution >= 4 is 46.0 Å². The molecule has 5 rings (SSSR count). The van der Waals surface area contributed by atoms with E-state index in [4.69, 9.17) is 16.3 Å². The summed E-state index contributed by atoms with van der Waals surface area (Å²) in [5.41, 5.74) is 2.14. The summed E-state index contributed by atoms with van der Waals surface area (Å²) in [7, 11) is 0. The number of Topliss-reactive ketones (excluding diaryl/α,β-unsaturated/α-hetero) is 1. The number of ketones is 1. The number of carbonyl (C=O) groups is 2. The Bertz CT molecular complexity index is 1410. The average Bonchev–Trinajstić information content (AvgIpc) is 3.39. The molecule has 0 saturated carbocycles. The van der Waals surface area contributed by atoms with Gasteiger partial charge in [0.2, 0.25) is 5.95 Å². The highest BCUT2D eigenvalue weighted by Gasteiger charge is 2.48. The molecular weight excluding hydrogens is 454 g/mol. The van der Waals surface area contributed by atoms with Crippen molar-refractivity contribution in [3.8, 4) is 5.75 Å². The van der Waals surface area contributed by atoms with E-state index in [0.29, 0.717) is 23.4 Å². The number of ether oxygens (including phenoxy) is 1. The van der Waals surface area contributed by atoms with Gasteiger partial charge in [0.05, 0.1) is 34.3 Å². The van der Waals surface area contributed by atoms with Gasteiger partial charge in [-0.2, -0.15) is 0 Å². The lowest BCUT2D eigenvalue weighted by molar-refractivity contribution is -0.132. The van der Waals surface area contributed by atoms with E-state index in [2.05, 4.69) is 9.97 Å². The van der Waals surface area contributed by atoms with Gasteiger partial charge in [-0.3, -0.25) is 14.5 Å². The van der Waals surface area contributed by atoms with E-state index in [-0.39, 0.29) is 27.9 Å². The summed E-state index contributed by atoms with van der Waals surface area (Å²) >= 11 is 6.38. The number of H-pyrrole nitrogens is 1. The number of benzene rings is 3. The maximum absolute atomic E-state index is 13.3. The Kier molecular flexibility index (Phi) is 5.55. The second-order valence-corrected chi connectivity index (χ2v) is 8.14. The number of aromatic amines is 1. The molecule has 1 saturated heterocycles. The molecule has 8 heteroatoms. The van der Waals surface area contributed by atoms with Crippen LogP contribution in [-0.4, -0.2) is 33.4 Å². The lowest BCUT2D eigenvalue weighted by Crippen LogP contribution is -2.30. The molecule has 2 heterocycles. The van der Waals surface area contributed by atoms with Gasteiger partial charge >= 0.3 is 5.91 Å². The van der Waals surface area contributed by atoms with E-state index in [9.17, 15) is 14.7 Å². The quantitative estimate of drug-likeness (QED) is 0.235. The Morgan fingerprint density at radius 3 is 2.56 bits per heavy atom. The topological polar surface area (TPSA) is 95.5 Å². The molecule has 4 aromatic rings. The smallest absolute Gasteiger partial charge is 0.302 e. The minimum absolute atomic E-state index is 0.0767. The van der Waals surface area contributed by atoms with E-state index in [1.807, 2.05) is 37.3 Å². The molecule has 0 bridgehead atoms. The first-order valence-corrected chi connectivity index (χ1v) is 11.1. The fourth-order valence-electron chi connectivity index (χ4n) is 4.14. The highest BCUT2D eigenvalue weighted by molar-refractivity contribution is 6.51. The van der Waals surface area contributed by atoms with Crippen molar-refractivity contribution in [3.05, 3.63) is 94.5 Å². The van der Waals surface area contributed by atoms with Crippen LogP contribution in [0.15, 0.2) is 78.4 Å². The lowest BCUT2D eigenvalue weighted by Gasteiger charge is -2.23. The first-order valence-electron chi connectivity index (χ1n) is 10.7. The number of rotatable bonds is 5. The summed E-state index contributed by atoms with van der Waals surface area (Å²) in [5, 5.41) is 11.6. The number of aromatic nitrogens is 2. The van der Waals surface area contributed by atoms with Gasteiger partial charge in [-0.05, 0) is 42.8 Å². The molecule has 1 aliphatic heterocycles. The maximum atomic E-state index is 13.3. The minimum Gasteiger partial charge on any atom is -0.507 e. The number of nitrogens with one attached hydrogen (secondary N) is 1. The first kappa shape index (κ1) is 21.7. The van der Waals surface area contributed by atoms with Crippen molar-refractivity contribution in [2.75, 3.05) is 11.5 Å². The molecule has 7 nitrogen and oxygen atoms in total. The zero-order chi connectivity index (χ0) is 23.8. The van der Waals surface area contributed by atoms with Gasteiger partial charge in [-0.1, -0.05) is 54.1 Å². The standard InChI is InChI=1S/C26H20ClN3O4/c1-2-34-16-12-13-18(27)17(14-16)23(31)21-22(15-8-4-3-5-9-15)30(25(33)24(21)32)26-28-19-10-6-7-11-20(19)29-26/h3-14,22,31H,2H2,1H3,(H,28,29)/b23-21+. The summed E-state index contributed by atoms with van der Waals surface area (Å²) < 4.78 is 5.53. The van der Waals surface area contributed by atoms with Crippen LogP contribution in [0.4, 0.5) is 5.95 Å². The van der Waals surface area contributed by atoms with Crippen molar-refractivity contribution in [2.45, 2.75) is 13.0 Å². The van der Waals surface area contributed by atoms with Crippen molar-refractivity contribution in [2.24, 2.45) is 0 Å². The Morgan fingerprint density at radius 1 is 1.09 bits per heavy atom. The lowest BCUT2D eigenvalue weighted by atomic mass is 9.95. The fourth-order valence-corrected chi connectivity index (χ4v) is 4.35. The summed E-state index contributed by atoms with van der Waals surface area (Å²) in [6, 6.07) is 20.2. The van der Waals surface area contributed by atoms with E-state index < -0.39 is 17.7 Å². The van der Waals surface area contributed by atoms with Gasteiger partial charge in [0.15, 0.2) is 0 Å². The molecule has 170 valence electrons. The number of halogens is 1. The number of hydrogen-bond donors (Lipinski definition) is 2. The van der Waals surface area contributed by atoms with Crippen LogP contribution in [0.3, 0.4) is 0 Å². The third kappa shape index (κ3) is 3.60. The zero-order valence-corrected chi connectivity index (χ0v) is 18.9. The number of aliphatic hydroxyl groups excluding tert-OH is 1. The van der Waals surface area contributed by atoms with Gasteiger partial charge in [0.1, 0.15) is 11.5 Å². The van der Waals surface area contributed by atoms with Crippen molar-refractivity contribution in [1.82, 2.24) is 9.97 Å². The summed E-state index contributed by atoms with van der Waals surface area (Å²) in [6.07, 6.45) is 0. The number of fused-ring (bicyclic) bond motifs is 1. The number of anilines is 1. The highest BCUT2D eigenvalue weighted by Crippen LogP contribution is 2.42. The predicted octanol–water partition coefficient (Wildman–Crippen LogP) is 5.24. The van der Waals surface area contributed by atoms with E-state index in [1.165, 1.54) is 4.90 Å². The van der Waals surface area contributed by atoms with E-state index >= 15 is 0 Å². The Labute approximate surface area is 200 Å². The third-order valence-corrected chi connectivity index (χ3v) is 6.00. The van der Waals surface area contributed by atoms with Crippen molar-refractivity contribution in [1.29, 1.82) is 0 Å². The number of para-hydroxylation sites is 2. The Morgan fingerprint density at radius 2 is 1.82 bits per heavy atom. The summed E-state index contributed by atoms with van der Waals surface area (Å²) in [6.45, 7) is 2.25. The average molecular weight is 474 g/mol. The van der Waals surface area contributed by atoms with Crippen LogP contribution in [0, 0.1) is 0 Å². The van der Waals surface area contributed by atoms with Crippen LogP contribution in [0.5, 0.6) is 5.75 Å². The molecule has 1 atom stereocenters. The van der Waals surface area contributed by atoms with E-state index in [0.717, 1.165) is 5.52 Å². The Balaban J connectivity index is 1.73. The number of aliphatic hydroxyl groups is 1. The van der Waals surface area contributed by atoms with Crippen LogP contribution >= 0.6 is 11.6 Å². The zero-order valence-electron chi connectivity index (χ0n) is 18.2. The van der Waals surface area contributed by atoms with Crippen LogP contribution in [0.1, 0.15) is 24.1 Å². The molecule has 34 heavy (non-hydrogen) atoms. The predicted molar refractivity (Wildman–Crippen MR) is 130 cm³/mol. The van der Waals surface area contributed by atoms with Crippen LogP contribution in [0.2, 0.25) is 5.02 Å².